The molecule has 5 nitrogen and oxygen atoms in total. The van der Waals surface area contributed by atoms with E-state index in [1.807, 2.05) is 6.92 Å². The van der Waals surface area contributed by atoms with Crippen LogP contribution in [0.1, 0.15) is 19.8 Å². The minimum atomic E-state index is -1.73. The van der Waals surface area contributed by atoms with E-state index in [9.17, 15) is 14.7 Å². The predicted octanol–water partition coefficient (Wildman–Crippen LogP) is 2.30. The van der Waals surface area contributed by atoms with Crippen LogP contribution in [0, 0.1) is 5.92 Å². The first-order valence-corrected chi connectivity index (χ1v) is 12.3. The number of hydrogen-bond acceptors (Lipinski definition) is 4. The largest absolute Gasteiger partial charge is 0.477 e. The maximum absolute atomic E-state index is 12.6. The average Bonchev–Trinajstić information content (AvgIpc) is 2.68. The summed E-state index contributed by atoms with van der Waals surface area (Å²) in [6.45, 7) is 8.30. The number of thioether (sulfide) groups is 1. The molecule has 3 aliphatic rings. The van der Waals surface area contributed by atoms with Gasteiger partial charge in [-0.25, -0.2) is 4.79 Å². The molecule has 0 aromatic heterocycles. The molecule has 0 aromatic carbocycles. The molecular formula is C15H23NO4SSi. The van der Waals surface area contributed by atoms with E-state index in [1.54, 1.807) is 11.8 Å². The highest BCUT2D eigenvalue weighted by Crippen LogP contribution is 2.52. The van der Waals surface area contributed by atoms with Gasteiger partial charge < -0.3 is 14.4 Å². The van der Waals surface area contributed by atoms with E-state index in [1.165, 1.54) is 4.90 Å². The van der Waals surface area contributed by atoms with Crippen LogP contribution in [0.25, 0.3) is 0 Å². The fraction of sp³-hybridized carbons (Fsp3) is 0.733. The Balaban J connectivity index is 1.87. The van der Waals surface area contributed by atoms with Gasteiger partial charge in [-0.3, -0.25) is 4.79 Å². The Labute approximate surface area is 136 Å². The molecule has 4 atom stereocenters. The first-order valence-electron chi connectivity index (χ1n) is 7.81. The minimum absolute atomic E-state index is 0.0229. The van der Waals surface area contributed by atoms with Gasteiger partial charge in [-0.1, -0.05) is 0 Å². The summed E-state index contributed by atoms with van der Waals surface area (Å²) < 4.78 is 6.11. The molecule has 3 aliphatic heterocycles. The lowest BCUT2D eigenvalue weighted by Crippen LogP contribution is -2.65. The Morgan fingerprint density at radius 2 is 2.14 bits per heavy atom. The SMILES string of the molecule is C[C@@H](O[Si](C)(C)C)[C@H]1C(=O)N2C(C(=O)O)=C3CCCS[C@H]3[C@H]12. The summed E-state index contributed by atoms with van der Waals surface area (Å²) in [5, 5.41) is 9.67. The molecule has 0 aliphatic carbocycles. The summed E-state index contributed by atoms with van der Waals surface area (Å²) in [6, 6.07) is -0.0229. The van der Waals surface area contributed by atoms with E-state index in [4.69, 9.17) is 4.43 Å². The van der Waals surface area contributed by atoms with Crippen molar-refractivity contribution < 1.29 is 19.1 Å². The third-order valence-electron chi connectivity index (χ3n) is 4.52. The molecule has 2 saturated heterocycles. The van der Waals surface area contributed by atoms with Crippen LogP contribution < -0.4 is 0 Å². The number of rotatable bonds is 4. The summed E-state index contributed by atoms with van der Waals surface area (Å²) in [7, 11) is -1.73. The van der Waals surface area contributed by atoms with E-state index in [2.05, 4.69) is 19.6 Å². The smallest absolute Gasteiger partial charge is 0.352 e. The van der Waals surface area contributed by atoms with Crippen LogP contribution in [0.4, 0.5) is 0 Å². The highest BCUT2D eigenvalue weighted by molar-refractivity contribution is 8.00. The van der Waals surface area contributed by atoms with E-state index < -0.39 is 14.3 Å². The van der Waals surface area contributed by atoms with Crippen LogP contribution in [0.3, 0.4) is 0 Å². The fourth-order valence-corrected chi connectivity index (χ4v) is 6.64. The Kier molecular flexibility index (Phi) is 3.94. The van der Waals surface area contributed by atoms with Crippen molar-refractivity contribution >= 4 is 32.0 Å². The highest BCUT2D eigenvalue weighted by Gasteiger charge is 2.62. The van der Waals surface area contributed by atoms with Crippen LogP contribution in [-0.2, 0) is 14.0 Å². The lowest BCUT2D eigenvalue weighted by molar-refractivity contribution is -0.160. The first kappa shape index (κ1) is 16.1. The van der Waals surface area contributed by atoms with Gasteiger partial charge in [-0.15, -0.1) is 0 Å². The summed E-state index contributed by atoms with van der Waals surface area (Å²) in [5.74, 6) is -0.198. The Morgan fingerprint density at radius 1 is 1.45 bits per heavy atom. The number of β-lactam (4-membered cyclic amide) rings is 1. The van der Waals surface area contributed by atoms with Crippen molar-refractivity contribution in [2.45, 2.75) is 56.8 Å². The first-order chi connectivity index (χ1) is 10.2. The summed E-state index contributed by atoms with van der Waals surface area (Å²) >= 11 is 1.80. The van der Waals surface area contributed by atoms with Crippen molar-refractivity contribution in [2.75, 3.05) is 5.75 Å². The molecular weight excluding hydrogens is 318 g/mol. The molecule has 122 valence electrons. The van der Waals surface area contributed by atoms with Crippen molar-refractivity contribution in [1.82, 2.24) is 4.90 Å². The maximum Gasteiger partial charge on any atom is 0.352 e. The highest BCUT2D eigenvalue weighted by atomic mass is 32.2. The Hall–Kier alpha value is -0.793. The van der Waals surface area contributed by atoms with Crippen molar-refractivity contribution in [3.05, 3.63) is 11.3 Å². The van der Waals surface area contributed by atoms with Gasteiger partial charge in [0.25, 0.3) is 0 Å². The van der Waals surface area contributed by atoms with Crippen molar-refractivity contribution in [3.8, 4) is 0 Å². The molecule has 1 N–H and O–H groups in total. The van der Waals surface area contributed by atoms with Crippen LogP contribution >= 0.6 is 11.8 Å². The van der Waals surface area contributed by atoms with Gasteiger partial charge in [0, 0.05) is 5.25 Å². The molecule has 0 spiro atoms. The number of amides is 1. The van der Waals surface area contributed by atoms with Crippen LogP contribution in [0.5, 0.6) is 0 Å². The van der Waals surface area contributed by atoms with Gasteiger partial charge in [-0.2, -0.15) is 11.8 Å². The lowest BCUT2D eigenvalue weighted by Gasteiger charge is -2.49. The Morgan fingerprint density at radius 3 is 2.73 bits per heavy atom. The topological polar surface area (TPSA) is 66.8 Å². The molecule has 0 aromatic rings. The van der Waals surface area contributed by atoms with E-state index in [-0.39, 0.29) is 34.9 Å². The number of aliphatic carboxylic acids is 1. The number of carboxylic acid groups (broad SMARTS) is 1. The third-order valence-corrected chi connectivity index (χ3v) is 7.05. The second kappa shape index (κ2) is 5.38. The molecule has 22 heavy (non-hydrogen) atoms. The molecule has 1 amide bonds. The van der Waals surface area contributed by atoms with Crippen LogP contribution in [0.15, 0.2) is 11.3 Å². The molecule has 0 radical (unpaired) electrons. The minimum Gasteiger partial charge on any atom is -0.477 e. The zero-order chi connectivity index (χ0) is 16.2. The number of carbonyl (C=O) groups excluding carboxylic acids is 1. The molecule has 3 heterocycles. The van der Waals surface area contributed by atoms with Gasteiger partial charge in [0.2, 0.25) is 5.91 Å². The number of carboxylic acids is 1. The van der Waals surface area contributed by atoms with E-state index in [0.29, 0.717) is 0 Å². The van der Waals surface area contributed by atoms with E-state index in [0.717, 1.165) is 24.2 Å². The second-order valence-corrected chi connectivity index (χ2v) is 12.9. The van der Waals surface area contributed by atoms with E-state index >= 15 is 0 Å². The zero-order valence-electron chi connectivity index (χ0n) is 13.5. The van der Waals surface area contributed by atoms with Crippen molar-refractivity contribution in [1.29, 1.82) is 0 Å². The second-order valence-electron chi connectivity index (χ2n) is 7.23. The molecule has 0 unspecified atom stereocenters. The van der Waals surface area contributed by atoms with Crippen LogP contribution in [0.2, 0.25) is 19.6 Å². The van der Waals surface area contributed by atoms with Crippen molar-refractivity contribution in [2.24, 2.45) is 5.92 Å². The monoisotopic (exact) mass is 341 g/mol. The number of hydrogen-bond donors (Lipinski definition) is 1. The standard InChI is InChI=1S/C15H23NO4SSi/c1-8(20-22(2,3)4)10-12-13-9(6-5-7-21-13)11(15(18)19)16(12)14(10)17/h8,10,12-13H,5-7H2,1-4H3,(H,18,19)/t8-,10-,12+,13-/m1/s1. The maximum atomic E-state index is 12.6. The molecule has 2 fully saturated rings. The lowest BCUT2D eigenvalue weighted by atomic mass is 9.82. The zero-order valence-corrected chi connectivity index (χ0v) is 15.3. The summed E-state index contributed by atoms with van der Waals surface area (Å²) in [5.41, 5.74) is 1.22. The average molecular weight is 342 g/mol. The summed E-state index contributed by atoms with van der Waals surface area (Å²) in [6.07, 6.45) is 1.65. The molecule has 3 rings (SSSR count). The Bertz CT molecular complexity index is 556. The molecule has 0 saturated carbocycles. The molecule has 7 heteroatoms. The molecule has 0 bridgehead atoms. The normalized spacial score (nSPS) is 32.5. The fourth-order valence-electron chi connectivity index (χ4n) is 3.89. The van der Waals surface area contributed by atoms with Gasteiger partial charge in [-0.05, 0) is 50.7 Å². The number of carbonyl (C=O) groups is 2. The van der Waals surface area contributed by atoms with Gasteiger partial charge >= 0.3 is 5.97 Å². The van der Waals surface area contributed by atoms with Gasteiger partial charge in [0.1, 0.15) is 5.70 Å². The quantitative estimate of drug-likeness (QED) is 0.628. The third kappa shape index (κ3) is 2.43. The summed E-state index contributed by atoms with van der Waals surface area (Å²) in [4.78, 5) is 25.7. The van der Waals surface area contributed by atoms with Gasteiger partial charge in [0.15, 0.2) is 8.32 Å². The predicted molar refractivity (Wildman–Crippen MR) is 88.2 cm³/mol. The number of nitrogens with zero attached hydrogens (tertiary/aromatic N) is 1. The van der Waals surface area contributed by atoms with Crippen LogP contribution in [-0.4, -0.2) is 53.3 Å². The van der Waals surface area contributed by atoms with Crippen molar-refractivity contribution in [3.63, 3.8) is 0 Å². The number of fused-ring (bicyclic) bond motifs is 3. The van der Waals surface area contributed by atoms with Gasteiger partial charge in [0.05, 0.1) is 18.1 Å².